The molecular formula is C16H28N2O. The van der Waals surface area contributed by atoms with Gasteiger partial charge in [-0.15, -0.1) is 0 Å². The zero-order valence-corrected chi connectivity index (χ0v) is 12.0. The summed E-state index contributed by atoms with van der Waals surface area (Å²) in [5, 5.41) is 6.77. The molecule has 3 rings (SSSR count). The molecule has 0 aromatic rings. The Bertz CT molecular complexity index is 284. The van der Waals surface area contributed by atoms with Crippen molar-refractivity contribution >= 4 is 5.91 Å². The molecule has 0 aromatic carbocycles. The van der Waals surface area contributed by atoms with Crippen molar-refractivity contribution in [2.45, 2.75) is 63.8 Å². The molecule has 0 unspecified atom stereocenters. The molecule has 0 spiro atoms. The number of carbonyl (C=O) groups is 1. The number of amides is 1. The Labute approximate surface area is 116 Å². The Kier molecular flexibility index (Phi) is 4.42. The average molecular weight is 264 g/mol. The highest BCUT2D eigenvalue weighted by Crippen LogP contribution is 2.37. The van der Waals surface area contributed by atoms with Crippen molar-refractivity contribution in [3.8, 4) is 0 Å². The molecule has 2 saturated carbocycles. The predicted molar refractivity (Wildman–Crippen MR) is 76.8 cm³/mol. The Morgan fingerprint density at radius 1 is 0.947 bits per heavy atom. The maximum absolute atomic E-state index is 12.4. The zero-order valence-electron chi connectivity index (χ0n) is 12.0. The maximum atomic E-state index is 12.4. The molecule has 0 radical (unpaired) electrons. The van der Waals surface area contributed by atoms with Crippen LogP contribution in [0.1, 0.15) is 57.8 Å². The van der Waals surface area contributed by atoms with E-state index in [0.717, 1.165) is 31.3 Å². The molecule has 2 N–H and O–H groups in total. The number of nitrogens with one attached hydrogen (secondary N) is 2. The van der Waals surface area contributed by atoms with Crippen LogP contribution in [0.15, 0.2) is 0 Å². The summed E-state index contributed by atoms with van der Waals surface area (Å²) in [6, 6.07) is 0.484. The molecule has 3 heteroatoms. The highest BCUT2D eigenvalue weighted by molar-refractivity contribution is 5.79. The molecule has 108 valence electrons. The van der Waals surface area contributed by atoms with Crippen LogP contribution in [0.2, 0.25) is 0 Å². The second-order valence-electron chi connectivity index (χ2n) is 6.81. The lowest BCUT2D eigenvalue weighted by molar-refractivity contribution is -0.126. The van der Waals surface area contributed by atoms with Crippen LogP contribution < -0.4 is 10.6 Å². The van der Waals surface area contributed by atoms with Gasteiger partial charge in [-0.05, 0) is 50.5 Å². The molecule has 2 aliphatic carbocycles. The van der Waals surface area contributed by atoms with Gasteiger partial charge >= 0.3 is 0 Å². The minimum atomic E-state index is 0.227. The first-order valence-electron chi connectivity index (χ1n) is 8.35. The third kappa shape index (κ3) is 3.13. The summed E-state index contributed by atoms with van der Waals surface area (Å²) in [5.74, 6) is 2.09. The lowest BCUT2D eigenvalue weighted by Gasteiger charge is -2.31. The van der Waals surface area contributed by atoms with E-state index in [2.05, 4.69) is 10.6 Å². The van der Waals surface area contributed by atoms with E-state index in [9.17, 15) is 4.79 Å². The molecule has 0 bridgehead atoms. The first kappa shape index (κ1) is 13.4. The van der Waals surface area contributed by atoms with Crippen molar-refractivity contribution in [1.82, 2.24) is 10.6 Å². The van der Waals surface area contributed by atoms with Crippen LogP contribution in [-0.4, -0.2) is 25.0 Å². The van der Waals surface area contributed by atoms with Crippen LogP contribution >= 0.6 is 0 Å². The summed E-state index contributed by atoms with van der Waals surface area (Å²) in [7, 11) is 0. The highest BCUT2D eigenvalue weighted by atomic mass is 16.2. The molecule has 1 heterocycles. The fourth-order valence-corrected chi connectivity index (χ4v) is 4.41. The topological polar surface area (TPSA) is 41.1 Å². The van der Waals surface area contributed by atoms with E-state index in [1.54, 1.807) is 0 Å². The molecule has 3 aliphatic rings. The monoisotopic (exact) mass is 264 g/mol. The van der Waals surface area contributed by atoms with Gasteiger partial charge in [-0.2, -0.15) is 0 Å². The smallest absolute Gasteiger partial charge is 0.224 e. The van der Waals surface area contributed by atoms with E-state index in [4.69, 9.17) is 0 Å². The number of hydrogen-bond donors (Lipinski definition) is 2. The highest BCUT2D eigenvalue weighted by Gasteiger charge is 2.35. The molecule has 3 fully saturated rings. The second-order valence-corrected chi connectivity index (χ2v) is 6.81. The number of hydrogen-bond acceptors (Lipinski definition) is 2. The molecule has 1 amide bonds. The van der Waals surface area contributed by atoms with E-state index in [1.165, 1.54) is 51.4 Å². The van der Waals surface area contributed by atoms with E-state index >= 15 is 0 Å². The molecule has 0 aromatic heterocycles. The predicted octanol–water partition coefficient (Wildman–Crippen LogP) is 2.46. The van der Waals surface area contributed by atoms with Crippen LogP contribution in [0, 0.1) is 17.8 Å². The van der Waals surface area contributed by atoms with Gasteiger partial charge < -0.3 is 10.6 Å². The van der Waals surface area contributed by atoms with Crippen LogP contribution in [0.25, 0.3) is 0 Å². The average Bonchev–Trinajstić information content (AvgIpc) is 3.17. The van der Waals surface area contributed by atoms with Gasteiger partial charge in [0.25, 0.3) is 0 Å². The summed E-state index contributed by atoms with van der Waals surface area (Å²) in [5.41, 5.74) is 0. The maximum Gasteiger partial charge on any atom is 0.224 e. The Morgan fingerprint density at radius 2 is 1.53 bits per heavy atom. The third-order valence-corrected chi connectivity index (χ3v) is 5.56. The van der Waals surface area contributed by atoms with Crippen molar-refractivity contribution in [2.75, 3.05) is 13.1 Å². The summed E-state index contributed by atoms with van der Waals surface area (Å²) >= 11 is 0. The Hall–Kier alpha value is -0.570. The first-order valence-corrected chi connectivity index (χ1v) is 8.35. The van der Waals surface area contributed by atoms with E-state index in [0.29, 0.717) is 11.9 Å². The summed E-state index contributed by atoms with van der Waals surface area (Å²) in [6.07, 6.45) is 11.9. The molecular weight excluding hydrogens is 236 g/mol. The molecule has 1 atom stereocenters. The quantitative estimate of drug-likeness (QED) is 0.819. The Balaban J connectivity index is 1.62. The van der Waals surface area contributed by atoms with Crippen molar-refractivity contribution in [3.05, 3.63) is 0 Å². The summed E-state index contributed by atoms with van der Waals surface area (Å²) in [4.78, 5) is 12.4. The van der Waals surface area contributed by atoms with Gasteiger partial charge in [0, 0.05) is 12.6 Å². The van der Waals surface area contributed by atoms with Gasteiger partial charge in [-0.3, -0.25) is 4.79 Å². The van der Waals surface area contributed by atoms with E-state index in [-0.39, 0.29) is 5.92 Å². The van der Waals surface area contributed by atoms with Crippen LogP contribution in [0.4, 0.5) is 0 Å². The molecule has 19 heavy (non-hydrogen) atoms. The molecule has 1 aliphatic heterocycles. The number of rotatable bonds is 4. The SMILES string of the molecule is O=C(NC(C1CCCC1)C1CCCC1)[C@@H]1CCNC1. The van der Waals surface area contributed by atoms with Crippen LogP contribution in [-0.2, 0) is 4.79 Å². The van der Waals surface area contributed by atoms with Crippen molar-refractivity contribution in [3.63, 3.8) is 0 Å². The largest absolute Gasteiger partial charge is 0.353 e. The van der Waals surface area contributed by atoms with E-state index < -0.39 is 0 Å². The lowest BCUT2D eigenvalue weighted by atomic mass is 9.85. The van der Waals surface area contributed by atoms with Gasteiger partial charge in [0.1, 0.15) is 0 Å². The van der Waals surface area contributed by atoms with Gasteiger partial charge in [-0.25, -0.2) is 0 Å². The molecule has 3 nitrogen and oxygen atoms in total. The van der Waals surface area contributed by atoms with Gasteiger partial charge in [-0.1, -0.05) is 25.7 Å². The van der Waals surface area contributed by atoms with Crippen LogP contribution in [0.5, 0.6) is 0 Å². The Morgan fingerprint density at radius 3 is 2.00 bits per heavy atom. The summed E-state index contributed by atoms with van der Waals surface area (Å²) in [6.45, 7) is 1.89. The van der Waals surface area contributed by atoms with Crippen molar-refractivity contribution in [1.29, 1.82) is 0 Å². The second kappa shape index (κ2) is 6.25. The van der Waals surface area contributed by atoms with Gasteiger partial charge in [0.2, 0.25) is 5.91 Å². The first-order chi connectivity index (χ1) is 9.34. The van der Waals surface area contributed by atoms with Gasteiger partial charge in [0.05, 0.1) is 5.92 Å². The minimum Gasteiger partial charge on any atom is -0.353 e. The molecule has 1 saturated heterocycles. The minimum absolute atomic E-state index is 0.227. The van der Waals surface area contributed by atoms with Gasteiger partial charge in [0.15, 0.2) is 0 Å². The third-order valence-electron chi connectivity index (χ3n) is 5.56. The fraction of sp³-hybridized carbons (Fsp3) is 0.938. The van der Waals surface area contributed by atoms with Crippen molar-refractivity contribution in [2.24, 2.45) is 17.8 Å². The van der Waals surface area contributed by atoms with Crippen molar-refractivity contribution < 1.29 is 4.79 Å². The number of carbonyl (C=O) groups excluding carboxylic acids is 1. The fourth-order valence-electron chi connectivity index (χ4n) is 4.41. The summed E-state index contributed by atoms with van der Waals surface area (Å²) < 4.78 is 0. The normalized spacial score (nSPS) is 29.4. The standard InChI is InChI=1S/C16H28N2O/c19-16(14-9-10-17-11-14)18-15(12-5-1-2-6-12)13-7-3-4-8-13/h12-15,17H,1-11H2,(H,18,19)/t14-/m1/s1. The lowest BCUT2D eigenvalue weighted by Crippen LogP contribution is -2.46. The zero-order chi connectivity index (χ0) is 13.1. The van der Waals surface area contributed by atoms with Crippen LogP contribution in [0.3, 0.4) is 0 Å². The van der Waals surface area contributed by atoms with E-state index in [1.807, 2.05) is 0 Å².